The van der Waals surface area contributed by atoms with Crippen LogP contribution >= 0.6 is 34.2 Å². The average Bonchev–Trinajstić information content (AvgIpc) is 3.06. The number of carbonyl (C=O) groups excluding carboxylic acids is 2. The van der Waals surface area contributed by atoms with Crippen LogP contribution in [0.15, 0.2) is 66.4 Å². The van der Waals surface area contributed by atoms with Gasteiger partial charge in [-0.1, -0.05) is 29.8 Å². The van der Waals surface area contributed by atoms with Gasteiger partial charge in [0, 0.05) is 5.02 Å². The summed E-state index contributed by atoms with van der Waals surface area (Å²) in [6.07, 6.45) is 1.57. The molecule has 1 heterocycles. The maximum absolute atomic E-state index is 13.1. The lowest BCUT2D eigenvalue weighted by Crippen LogP contribution is -2.30. The van der Waals surface area contributed by atoms with Crippen molar-refractivity contribution < 1.29 is 23.5 Å². The predicted molar refractivity (Wildman–Crippen MR) is 132 cm³/mol. The highest BCUT2D eigenvalue weighted by Crippen LogP contribution is 2.35. The molecule has 3 aromatic rings. The minimum atomic E-state index is -0.561. The summed E-state index contributed by atoms with van der Waals surface area (Å²) in [7, 11) is 1.51. The zero-order valence-electron chi connectivity index (χ0n) is 17.3. The van der Waals surface area contributed by atoms with Crippen LogP contribution in [0.2, 0.25) is 5.02 Å². The third kappa shape index (κ3) is 5.12. The number of hydrogen-bond acceptors (Lipinski definition) is 4. The molecule has 1 aliphatic rings. The molecule has 9 heteroatoms. The normalized spacial score (nSPS) is 14.5. The number of methoxy groups -OCH3 is 1. The Labute approximate surface area is 208 Å². The Morgan fingerprint density at radius 1 is 1.12 bits per heavy atom. The van der Waals surface area contributed by atoms with Crippen LogP contribution in [-0.4, -0.2) is 19.0 Å². The summed E-state index contributed by atoms with van der Waals surface area (Å²) in [5.41, 5.74) is 1.95. The molecule has 0 bridgehead atoms. The Kier molecular flexibility index (Phi) is 6.85. The number of halogens is 3. The van der Waals surface area contributed by atoms with Gasteiger partial charge in [0.05, 0.1) is 16.4 Å². The quantitative estimate of drug-likeness (QED) is 0.229. The van der Waals surface area contributed by atoms with Gasteiger partial charge in [0.2, 0.25) is 0 Å². The first kappa shape index (κ1) is 23.1. The van der Waals surface area contributed by atoms with Gasteiger partial charge < -0.3 is 14.8 Å². The first-order valence-corrected chi connectivity index (χ1v) is 11.2. The summed E-state index contributed by atoms with van der Waals surface area (Å²) >= 11 is 8.10. The highest BCUT2D eigenvalue weighted by Gasteiger charge is 2.35. The molecule has 0 saturated carbocycles. The predicted octanol–water partition coefficient (Wildman–Crippen LogP) is 5.77. The Bertz CT molecular complexity index is 1260. The number of carbonyl (C=O) groups is 2. The van der Waals surface area contributed by atoms with Gasteiger partial charge in [-0.2, -0.15) is 0 Å². The van der Waals surface area contributed by atoms with Gasteiger partial charge in [0.25, 0.3) is 5.91 Å². The van der Waals surface area contributed by atoms with Crippen LogP contribution in [0.1, 0.15) is 11.1 Å². The highest BCUT2D eigenvalue weighted by molar-refractivity contribution is 14.1. The highest BCUT2D eigenvalue weighted by atomic mass is 127. The molecule has 0 unspecified atom stereocenters. The lowest BCUT2D eigenvalue weighted by atomic mass is 10.1. The molecule has 1 fully saturated rings. The number of urea groups is 1. The maximum Gasteiger partial charge on any atom is 0.333 e. The molecule has 0 atom stereocenters. The molecule has 4 rings (SSSR count). The number of nitrogens with one attached hydrogen (secondary N) is 1. The Morgan fingerprint density at radius 3 is 2.58 bits per heavy atom. The average molecular weight is 579 g/mol. The molecular weight excluding hydrogens is 562 g/mol. The van der Waals surface area contributed by atoms with E-state index < -0.39 is 11.9 Å². The van der Waals surface area contributed by atoms with E-state index in [0.717, 1.165) is 14.0 Å². The van der Waals surface area contributed by atoms with Crippen molar-refractivity contribution >= 4 is 57.9 Å². The minimum absolute atomic E-state index is 0.123. The van der Waals surface area contributed by atoms with Crippen LogP contribution in [0.4, 0.5) is 14.9 Å². The fourth-order valence-corrected chi connectivity index (χ4v) is 4.22. The lowest BCUT2D eigenvalue weighted by molar-refractivity contribution is -0.113. The number of amides is 3. The van der Waals surface area contributed by atoms with Crippen molar-refractivity contribution in [3.63, 3.8) is 0 Å². The van der Waals surface area contributed by atoms with Gasteiger partial charge in [-0.25, -0.2) is 14.1 Å². The summed E-state index contributed by atoms with van der Waals surface area (Å²) in [5.74, 6) is 0.171. The molecule has 0 aliphatic carbocycles. The van der Waals surface area contributed by atoms with E-state index in [2.05, 4.69) is 27.9 Å². The van der Waals surface area contributed by atoms with Crippen LogP contribution in [0.3, 0.4) is 0 Å². The first-order valence-electron chi connectivity index (χ1n) is 9.73. The zero-order valence-corrected chi connectivity index (χ0v) is 20.2. The van der Waals surface area contributed by atoms with E-state index in [4.69, 9.17) is 21.1 Å². The van der Waals surface area contributed by atoms with Crippen molar-refractivity contribution in [2.45, 2.75) is 6.61 Å². The van der Waals surface area contributed by atoms with E-state index in [9.17, 15) is 14.0 Å². The molecule has 1 aliphatic heterocycles. The molecule has 1 N–H and O–H groups in total. The first-order chi connectivity index (χ1) is 15.9. The molecule has 0 radical (unpaired) electrons. The fraction of sp³-hybridized carbons (Fsp3) is 0.0833. The van der Waals surface area contributed by atoms with Crippen molar-refractivity contribution in [1.82, 2.24) is 5.32 Å². The van der Waals surface area contributed by atoms with E-state index in [1.165, 1.54) is 19.2 Å². The summed E-state index contributed by atoms with van der Waals surface area (Å²) < 4.78 is 25.2. The lowest BCUT2D eigenvalue weighted by Gasteiger charge is -2.14. The van der Waals surface area contributed by atoms with Crippen LogP contribution in [0.25, 0.3) is 6.08 Å². The zero-order chi connectivity index (χ0) is 23.5. The van der Waals surface area contributed by atoms with Crippen LogP contribution in [0, 0.1) is 9.39 Å². The molecule has 6 nitrogen and oxygen atoms in total. The minimum Gasteiger partial charge on any atom is -0.493 e. The van der Waals surface area contributed by atoms with Gasteiger partial charge in [0.15, 0.2) is 11.5 Å². The van der Waals surface area contributed by atoms with Gasteiger partial charge in [-0.05, 0) is 82.3 Å². The number of rotatable bonds is 6. The second-order valence-electron chi connectivity index (χ2n) is 7.06. The van der Waals surface area contributed by atoms with Crippen LogP contribution in [-0.2, 0) is 11.4 Å². The summed E-state index contributed by atoms with van der Waals surface area (Å²) in [4.78, 5) is 26.3. The monoisotopic (exact) mass is 578 g/mol. The second kappa shape index (κ2) is 9.80. The van der Waals surface area contributed by atoms with E-state index in [1.54, 1.807) is 54.6 Å². The molecule has 3 aromatic carbocycles. The standard InChI is InChI=1S/C24H17ClFIN2O4/c1-32-21-11-15(9-19(27)22(21)33-13-14-5-7-17(26)8-6-14)10-20-23(30)29(24(31)28-20)18-4-2-3-16(25)12-18/h2-12H,13H2,1H3,(H,28,31)/b20-10+. The Hall–Kier alpha value is -3.11. The Morgan fingerprint density at radius 2 is 1.88 bits per heavy atom. The van der Waals surface area contributed by atoms with Gasteiger partial charge in [-0.15, -0.1) is 0 Å². The summed E-state index contributed by atoms with van der Waals surface area (Å²) in [6.45, 7) is 0.232. The van der Waals surface area contributed by atoms with Crippen molar-refractivity contribution in [2.75, 3.05) is 12.0 Å². The fourth-order valence-electron chi connectivity index (χ4n) is 3.25. The number of anilines is 1. The summed E-state index contributed by atoms with van der Waals surface area (Å²) in [6, 6.07) is 15.5. The number of hydrogen-bond donors (Lipinski definition) is 1. The van der Waals surface area contributed by atoms with E-state index in [-0.39, 0.29) is 18.1 Å². The van der Waals surface area contributed by atoms with Crippen LogP contribution in [0.5, 0.6) is 11.5 Å². The van der Waals surface area contributed by atoms with Crippen molar-refractivity contribution in [3.05, 3.63) is 91.9 Å². The third-order valence-electron chi connectivity index (χ3n) is 4.80. The SMILES string of the molecule is COc1cc(/C=C2/NC(=O)N(c3cccc(Cl)c3)C2=O)cc(I)c1OCc1ccc(F)cc1. The number of ether oxygens (including phenoxy) is 2. The van der Waals surface area contributed by atoms with Crippen molar-refractivity contribution in [2.24, 2.45) is 0 Å². The summed E-state index contributed by atoms with van der Waals surface area (Å²) in [5, 5.41) is 3.01. The van der Waals surface area contributed by atoms with Crippen LogP contribution < -0.4 is 19.7 Å². The third-order valence-corrected chi connectivity index (χ3v) is 5.84. The topological polar surface area (TPSA) is 67.9 Å². The second-order valence-corrected chi connectivity index (χ2v) is 8.66. The largest absolute Gasteiger partial charge is 0.493 e. The van der Waals surface area contributed by atoms with Crippen molar-refractivity contribution in [1.29, 1.82) is 0 Å². The molecule has 168 valence electrons. The molecule has 0 aromatic heterocycles. The number of imide groups is 1. The number of nitrogens with zero attached hydrogens (tertiary/aromatic N) is 1. The van der Waals surface area contributed by atoms with E-state index in [1.807, 2.05) is 0 Å². The smallest absolute Gasteiger partial charge is 0.333 e. The van der Waals surface area contributed by atoms with E-state index in [0.29, 0.717) is 27.8 Å². The Balaban J connectivity index is 1.58. The van der Waals surface area contributed by atoms with Gasteiger partial charge in [0.1, 0.15) is 18.1 Å². The van der Waals surface area contributed by atoms with Crippen molar-refractivity contribution in [3.8, 4) is 11.5 Å². The molecule has 1 saturated heterocycles. The van der Waals surface area contributed by atoms with Gasteiger partial charge >= 0.3 is 6.03 Å². The maximum atomic E-state index is 13.1. The van der Waals surface area contributed by atoms with Gasteiger partial charge in [-0.3, -0.25) is 4.79 Å². The number of benzene rings is 3. The molecule has 3 amide bonds. The molecular formula is C24H17ClFIN2O4. The van der Waals surface area contributed by atoms with E-state index >= 15 is 0 Å². The molecule has 33 heavy (non-hydrogen) atoms. The molecule has 0 spiro atoms.